The van der Waals surface area contributed by atoms with Crippen molar-refractivity contribution in [2.24, 2.45) is 0 Å². The van der Waals surface area contributed by atoms with Gasteiger partial charge in [-0.2, -0.15) is 13.2 Å². The van der Waals surface area contributed by atoms with Crippen LogP contribution in [0.25, 0.3) is 0 Å². The highest BCUT2D eigenvalue weighted by Crippen LogP contribution is 2.29. The molecular formula is C11H11BrF3NO2. The minimum atomic E-state index is -4.37. The Balaban J connectivity index is 2.70. The minimum absolute atomic E-state index is 0.196. The summed E-state index contributed by atoms with van der Waals surface area (Å²) in [6, 6.07) is 6.29. The topological polar surface area (TPSA) is 38.3 Å². The Bertz CT molecular complexity index is 423. The van der Waals surface area contributed by atoms with Crippen LogP contribution in [0.2, 0.25) is 0 Å². The zero-order valence-corrected chi connectivity index (χ0v) is 11.0. The molecule has 1 N–H and O–H groups in total. The molecule has 0 spiro atoms. The maximum atomic E-state index is 12.3. The zero-order chi connectivity index (χ0) is 13.8. The van der Waals surface area contributed by atoms with Crippen LogP contribution in [0.3, 0.4) is 0 Å². The largest absolute Gasteiger partial charge is 0.490 e. The number of amides is 1. The predicted octanol–water partition coefficient (Wildman–Crippen LogP) is 3.35. The van der Waals surface area contributed by atoms with E-state index in [2.05, 4.69) is 21.2 Å². The van der Waals surface area contributed by atoms with E-state index in [4.69, 9.17) is 4.74 Å². The summed E-state index contributed by atoms with van der Waals surface area (Å²) in [5.41, 5.74) is 0.340. The minimum Gasteiger partial charge on any atom is -0.490 e. The summed E-state index contributed by atoms with van der Waals surface area (Å²) >= 11 is 2.49. The first-order chi connectivity index (χ1) is 8.30. The summed E-state index contributed by atoms with van der Waals surface area (Å²) in [7, 11) is 0. The Labute approximate surface area is 110 Å². The molecule has 1 unspecified atom stereocenters. The fourth-order valence-electron chi connectivity index (χ4n) is 1.14. The maximum Gasteiger partial charge on any atom is 0.404 e. The Morgan fingerprint density at radius 2 is 2.06 bits per heavy atom. The van der Waals surface area contributed by atoms with E-state index in [0.29, 0.717) is 5.69 Å². The van der Waals surface area contributed by atoms with Crippen LogP contribution in [0.1, 0.15) is 6.92 Å². The van der Waals surface area contributed by atoms with Crippen molar-refractivity contribution < 1.29 is 22.7 Å². The maximum absolute atomic E-state index is 12.3. The SMILES string of the molecule is CC(=O)Nc1ccccc1OCC(Br)C(F)(F)F. The van der Waals surface area contributed by atoms with Crippen LogP contribution in [0.4, 0.5) is 18.9 Å². The first-order valence-corrected chi connectivity index (χ1v) is 5.92. The molecule has 7 heteroatoms. The molecule has 1 aromatic rings. The average Bonchev–Trinajstić information content (AvgIpc) is 2.25. The summed E-state index contributed by atoms with van der Waals surface area (Å²) in [5.74, 6) is -0.126. The second kappa shape index (κ2) is 6.08. The van der Waals surface area contributed by atoms with Crippen molar-refractivity contribution in [1.82, 2.24) is 0 Å². The normalized spacial score (nSPS) is 12.9. The number of rotatable bonds is 4. The third-order valence-corrected chi connectivity index (χ3v) is 2.72. The Kier molecular flexibility index (Phi) is 5.01. The summed E-state index contributed by atoms with van der Waals surface area (Å²) in [6.45, 7) is 0.736. The summed E-state index contributed by atoms with van der Waals surface area (Å²) in [6.07, 6.45) is -4.37. The summed E-state index contributed by atoms with van der Waals surface area (Å²) < 4.78 is 41.8. The highest BCUT2D eigenvalue weighted by molar-refractivity contribution is 9.09. The molecule has 0 aliphatic heterocycles. The predicted molar refractivity (Wildman–Crippen MR) is 65.0 cm³/mol. The third-order valence-electron chi connectivity index (χ3n) is 1.94. The van der Waals surface area contributed by atoms with Crippen molar-refractivity contribution in [2.75, 3.05) is 11.9 Å². The second-order valence-corrected chi connectivity index (χ2v) is 4.60. The van der Waals surface area contributed by atoms with Crippen molar-refractivity contribution in [2.45, 2.75) is 17.9 Å². The van der Waals surface area contributed by atoms with E-state index in [-0.39, 0.29) is 11.7 Å². The van der Waals surface area contributed by atoms with E-state index < -0.39 is 17.6 Å². The van der Waals surface area contributed by atoms with Gasteiger partial charge in [-0.25, -0.2) is 0 Å². The fraction of sp³-hybridized carbons (Fsp3) is 0.364. The van der Waals surface area contributed by atoms with E-state index in [1.807, 2.05) is 0 Å². The highest BCUT2D eigenvalue weighted by atomic mass is 79.9. The molecule has 18 heavy (non-hydrogen) atoms. The molecule has 0 saturated carbocycles. The molecule has 0 fully saturated rings. The van der Waals surface area contributed by atoms with Gasteiger partial charge in [0.2, 0.25) is 5.91 Å². The molecule has 1 aromatic carbocycles. The Morgan fingerprint density at radius 3 is 2.61 bits per heavy atom. The second-order valence-electron chi connectivity index (χ2n) is 3.50. The van der Waals surface area contributed by atoms with Crippen LogP contribution < -0.4 is 10.1 Å². The lowest BCUT2D eigenvalue weighted by Crippen LogP contribution is -2.29. The van der Waals surface area contributed by atoms with Gasteiger partial charge < -0.3 is 10.1 Å². The number of alkyl halides is 4. The van der Waals surface area contributed by atoms with Crippen LogP contribution >= 0.6 is 15.9 Å². The molecule has 0 radical (unpaired) electrons. The molecule has 0 bridgehead atoms. The zero-order valence-electron chi connectivity index (χ0n) is 9.42. The molecule has 0 saturated heterocycles. The van der Waals surface area contributed by atoms with Gasteiger partial charge in [0.15, 0.2) is 0 Å². The number of carbonyl (C=O) groups excluding carboxylic acids is 1. The van der Waals surface area contributed by atoms with E-state index in [0.717, 1.165) is 0 Å². The molecule has 1 amide bonds. The van der Waals surface area contributed by atoms with Gasteiger partial charge in [-0.1, -0.05) is 28.1 Å². The third kappa shape index (κ3) is 4.56. The molecular weight excluding hydrogens is 315 g/mol. The number of nitrogens with one attached hydrogen (secondary N) is 1. The number of para-hydroxylation sites is 2. The first kappa shape index (κ1) is 14.8. The van der Waals surface area contributed by atoms with E-state index in [1.165, 1.54) is 13.0 Å². The number of anilines is 1. The molecule has 3 nitrogen and oxygen atoms in total. The summed E-state index contributed by atoms with van der Waals surface area (Å²) in [4.78, 5) is 9.15. The van der Waals surface area contributed by atoms with Crippen LogP contribution in [0.5, 0.6) is 5.75 Å². The van der Waals surface area contributed by atoms with Crippen LogP contribution in [-0.4, -0.2) is 23.5 Å². The molecule has 1 rings (SSSR count). The number of benzene rings is 1. The lowest BCUT2D eigenvalue weighted by molar-refractivity contribution is -0.132. The van der Waals surface area contributed by atoms with Crippen molar-refractivity contribution in [3.05, 3.63) is 24.3 Å². The molecule has 0 aliphatic carbocycles. The van der Waals surface area contributed by atoms with Gasteiger partial charge in [-0.15, -0.1) is 0 Å². The monoisotopic (exact) mass is 325 g/mol. The van der Waals surface area contributed by atoms with E-state index in [1.54, 1.807) is 18.2 Å². The average molecular weight is 326 g/mol. The quantitative estimate of drug-likeness (QED) is 0.862. The van der Waals surface area contributed by atoms with Gasteiger partial charge in [0.1, 0.15) is 17.2 Å². The van der Waals surface area contributed by atoms with Crippen LogP contribution in [-0.2, 0) is 4.79 Å². The van der Waals surface area contributed by atoms with E-state index in [9.17, 15) is 18.0 Å². The first-order valence-electron chi connectivity index (χ1n) is 5.01. The summed E-state index contributed by atoms with van der Waals surface area (Å²) in [5, 5.41) is 2.48. The Morgan fingerprint density at radius 1 is 1.44 bits per heavy atom. The molecule has 0 heterocycles. The van der Waals surface area contributed by atoms with Crippen molar-refractivity contribution in [3.63, 3.8) is 0 Å². The number of hydrogen-bond donors (Lipinski definition) is 1. The van der Waals surface area contributed by atoms with Crippen LogP contribution in [0.15, 0.2) is 24.3 Å². The number of ether oxygens (including phenoxy) is 1. The Hall–Kier alpha value is -1.24. The smallest absolute Gasteiger partial charge is 0.404 e. The molecule has 0 aromatic heterocycles. The number of halogens is 4. The lowest BCUT2D eigenvalue weighted by atomic mass is 10.3. The van der Waals surface area contributed by atoms with Crippen molar-refractivity contribution in [1.29, 1.82) is 0 Å². The van der Waals surface area contributed by atoms with Crippen LogP contribution in [0, 0.1) is 0 Å². The van der Waals surface area contributed by atoms with Crippen molar-refractivity contribution >= 4 is 27.5 Å². The van der Waals surface area contributed by atoms with Gasteiger partial charge in [-0.05, 0) is 12.1 Å². The highest BCUT2D eigenvalue weighted by Gasteiger charge is 2.38. The molecule has 100 valence electrons. The number of hydrogen-bond acceptors (Lipinski definition) is 2. The lowest BCUT2D eigenvalue weighted by Gasteiger charge is -2.16. The molecule has 1 atom stereocenters. The van der Waals surface area contributed by atoms with Gasteiger partial charge in [0, 0.05) is 6.92 Å². The molecule has 0 aliphatic rings. The fourth-order valence-corrected chi connectivity index (χ4v) is 1.28. The standard InChI is InChI=1S/C11H11BrF3NO2/c1-7(17)16-8-4-2-3-5-9(8)18-6-10(12)11(13,14)15/h2-5,10H,6H2,1H3,(H,16,17). The van der Waals surface area contributed by atoms with Gasteiger partial charge >= 0.3 is 6.18 Å². The van der Waals surface area contributed by atoms with Gasteiger partial charge in [0.25, 0.3) is 0 Å². The van der Waals surface area contributed by atoms with E-state index >= 15 is 0 Å². The van der Waals surface area contributed by atoms with Gasteiger partial charge in [0.05, 0.1) is 5.69 Å². The van der Waals surface area contributed by atoms with Gasteiger partial charge in [-0.3, -0.25) is 4.79 Å². The van der Waals surface area contributed by atoms with Crippen molar-refractivity contribution in [3.8, 4) is 5.75 Å². The number of carbonyl (C=O) groups is 1.